The van der Waals surface area contributed by atoms with Crippen molar-refractivity contribution in [3.63, 3.8) is 0 Å². The van der Waals surface area contributed by atoms with Gasteiger partial charge in [-0.1, -0.05) is 32.6 Å². The second-order valence-electron chi connectivity index (χ2n) is 6.39. The Morgan fingerprint density at radius 3 is 2.58 bits per heavy atom. The largest absolute Gasteiger partial charge is 0.379 e. The van der Waals surface area contributed by atoms with Gasteiger partial charge in [0.05, 0.1) is 24.5 Å². The minimum Gasteiger partial charge on any atom is -0.379 e. The van der Waals surface area contributed by atoms with Gasteiger partial charge in [0.2, 0.25) is 0 Å². The summed E-state index contributed by atoms with van der Waals surface area (Å²) in [7, 11) is 0. The van der Waals surface area contributed by atoms with Gasteiger partial charge in [-0.15, -0.1) is 23.4 Å². The number of morpholine rings is 1. The highest BCUT2D eigenvalue weighted by Gasteiger charge is 2.38. The van der Waals surface area contributed by atoms with Crippen molar-refractivity contribution in [2.24, 2.45) is 11.3 Å². The Hall–Kier alpha value is 0.120. The summed E-state index contributed by atoms with van der Waals surface area (Å²) in [6.07, 6.45) is 1.12. The molecule has 19 heavy (non-hydrogen) atoms. The fourth-order valence-corrected chi connectivity index (χ4v) is 4.32. The first-order valence-electron chi connectivity index (χ1n) is 7.05. The molecule has 0 saturated carbocycles. The number of nitrogens with zero attached hydrogens (tertiary/aromatic N) is 1. The van der Waals surface area contributed by atoms with Crippen LogP contribution in [-0.2, 0) is 4.74 Å². The van der Waals surface area contributed by atoms with E-state index in [9.17, 15) is 0 Å². The Bertz CT molecular complexity index is 351. The molecule has 2 saturated heterocycles. The highest BCUT2D eigenvalue weighted by Crippen LogP contribution is 2.47. The number of ether oxygens (including phenoxy) is 1. The van der Waals surface area contributed by atoms with E-state index in [2.05, 4.69) is 37.5 Å². The summed E-state index contributed by atoms with van der Waals surface area (Å²) in [5, 5.41) is 0.623. The van der Waals surface area contributed by atoms with Crippen LogP contribution in [0.1, 0.15) is 27.2 Å². The Labute approximate surface area is 126 Å². The molecule has 0 amide bonds. The van der Waals surface area contributed by atoms with Gasteiger partial charge in [-0.3, -0.25) is 4.90 Å². The lowest BCUT2D eigenvalue weighted by Gasteiger charge is -2.25. The quantitative estimate of drug-likeness (QED) is 0.545. The molecule has 2 heterocycles. The van der Waals surface area contributed by atoms with Crippen LogP contribution >= 0.6 is 23.4 Å². The zero-order chi connectivity index (χ0) is 13.9. The number of rotatable bonds is 1. The number of halogens is 1. The maximum Gasteiger partial charge on any atom is 0.0929 e. The molecule has 0 radical (unpaired) electrons. The van der Waals surface area contributed by atoms with E-state index in [4.69, 9.17) is 16.3 Å². The Balaban J connectivity index is 1.82. The SMILES string of the molecule is CC(C)(C)C1CC(C#CCN2CCOCC2)C(Cl)S1. The smallest absolute Gasteiger partial charge is 0.0929 e. The lowest BCUT2D eigenvalue weighted by Crippen LogP contribution is -2.36. The Morgan fingerprint density at radius 1 is 1.32 bits per heavy atom. The first-order chi connectivity index (χ1) is 8.97. The maximum atomic E-state index is 6.43. The average Bonchev–Trinajstić information content (AvgIpc) is 2.72. The Kier molecular flexibility index (Phi) is 5.48. The third kappa shape index (κ3) is 4.56. The molecule has 3 unspecified atom stereocenters. The summed E-state index contributed by atoms with van der Waals surface area (Å²) in [6.45, 7) is 11.4. The first kappa shape index (κ1) is 15.5. The summed E-state index contributed by atoms with van der Waals surface area (Å²) >= 11 is 8.32. The van der Waals surface area contributed by atoms with Gasteiger partial charge in [-0.25, -0.2) is 0 Å². The molecule has 2 nitrogen and oxygen atoms in total. The fourth-order valence-electron chi connectivity index (χ4n) is 2.37. The molecule has 2 aliphatic rings. The van der Waals surface area contributed by atoms with Crippen LogP contribution in [0.4, 0.5) is 0 Å². The summed E-state index contributed by atoms with van der Waals surface area (Å²) in [6, 6.07) is 0. The molecule has 2 aliphatic heterocycles. The normalized spacial score (nSPS) is 32.9. The van der Waals surface area contributed by atoms with Crippen molar-refractivity contribution >= 4 is 23.4 Å². The van der Waals surface area contributed by atoms with Gasteiger partial charge in [0.1, 0.15) is 0 Å². The van der Waals surface area contributed by atoms with E-state index in [0.29, 0.717) is 16.6 Å². The van der Waals surface area contributed by atoms with Crippen LogP contribution in [0.3, 0.4) is 0 Å². The molecule has 0 bridgehead atoms. The summed E-state index contributed by atoms with van der Waals surface area (Å²) in [4.78, 5) is 2.35. The van der Waals surface area contributed by atoms with Crippen LogP contribution in [0.2, 0.25) is 0 Å². The predicted molar refractivity (Wildman–Crippen MR) is 83.6 cm³/mol. The van der Waals surface area contributed by atoms with Crippen molar-refractivity contribution in [1.29, 1.82) is 0 Å². The van der Waals surface area contributed by atoms with Crippen molar-refractivity contribution in [1.82, 2.24) is 4.90 Å². The number of hydrogen-bond donors (Lipinski definition) is 0. The van der Waals surface area contributed by atoms with E-state index >= 15 is 0 Å². The third-order valence-electron chi connectivity index (χ3n) is 3.74. The topological polar surface area (TPSA) is 12.5 Å². The zero-order valence-electron chi connectivity index (χ0n) is 12.1. The van der Waals surface area contributed by atoms with Crippen LogP contribution in [0, 0.1) is 23.2 Å². The maximum absolute atomic E-state index is 6.43. The van der Waals surface area contributed by atoms with Crippen molar-refractivity contribution < 1.29 is 4.74 Å². The van der Waals surface area contributed by atoms with Gasteiger partial charge >= 0.3 is 0 Å². The van der Waals surface area contributed by atoms with Crippen molar-refractivity contribution in [3.8, 4) is 11.8 Å². The second kappa shape index (κ2) is 6.72. The summed E-state index contributed by atoms with van der Waals surface area (Å²) < 4.78 is 5.49. The standard InChI is InChI=1S/C15H24ClNOS/c1-15(2,3)13-11-12(14(16)19-13)5-4-6-17-7-9-18-10-8-17/h12-14H,6-11H2,1-3H3. The van der Waals surface area contributed by atoms with E-state index in [1.165, 1.54) is 0 Å². The molecule has 108 valence electrons. The van der Waals surface area contributed by atoms with Gasteiger partial charge in [-0.2, -0.15) is 0 Å². The minimum absolute atomic E-state index is 0.154. The van der Waals surface area contributed by atoms with Gasteiger partial charge in [0.25, 0.3) is 0 Å². The molecule has 0 spiro atoms. The first-order valence-corrected chi connectivity index (χ1v) is 8.43. The number of hydrogen-bond acceptors (Lipinski definition) is 3. The highest BCUT2D eigenvalue weighted by atomic mass is 35.5. The number of alkyl halides is 1. The van der Waals surface area contributed by atoms with Crippen LogP contribution < -0.4 is 0 Å². The molecule has 2 rings (SSSR count). The molecular weight excluding hydrogens is 278 g/mol. The molecule has 0 aromatic carbocycles. The molecular formula is C15H24ClNOS. The molecule has 0 aromatic rings. The molecule has 4 heteroatoms. The van der Waals surface area contributed by atoms with Crippen molar-refractivity contribution in [2.75, 3.05) is 32.8 Å². The average molecular weight is 302 g/mol. The van der Waals surface area contributed by atoms with Crippen LogP contribution in [0.15, 0.2) is 0 Å². The summed E-state index contributed by atoms with van der Waals surface area (Å²) in [5.74, 6) is 7.06. The number of thioether (sulfide) groups is 1. The molecule has 2 fully saturated rings. The Morgan fingerprint density at radius 2 is 2.00 bits per heavy atom. The van der Waals surface area contributed by atoms with Gasteiger partial charge in [0, 0.05) is 24.3 Å². The van der Waals surface area contributed by atoms with Crippen molar-refractivity contribution in [2.45, 2.75) is 37.2 Å². The molecule has 0 N–H and O–H groups in total. The van der Waals surface area contributed by atoms with Gasteiger partial charge in [0.15, 0.2) is 0 Å². The van der Waals surface area contributed by atoms with E-state index in [1.807, 2.05) is 11.8 Å². The monoisotopic (exact) mass is 301 g/mol. The van der Waals surface area contributed by atoms with E-state index in [1.54, 1.807) is 0 Å². The molecule has 3 atom stereocenters. The minimum atomic E-state index is 0.154. The summed E-state index contributed by atoms with van der Waals surface area (Å²) in [5.41, 5.74) is 0.318. The van der Waals surface area contributed by atoms with Crippen molar-refractivity contribution in [3.05, 3.63) is 0 Å². The third-order valence-corrected chi connectivity index (χ3v) is 6.17. The van der Waals surface area contributed by atoms with Crippen LogP contribution in [0.5, 0.6) is 0 Å². The molecule has 0 aromatic heterocycles. The van der Waals surface area contributed by atoms with Crippen LogP contribution in [-0.4, -0.2) is 47.7 Å². The lowest BCUT2D eigenvalue weighted by molar-refractivity contribution is 0.0443. The second-order valence-corrected chi connectivity index (χ2v) is 8.47. The van der Waals surface area contributed by atoms with Gasteiger partial charge < -0.3 is 4.74 Å². The van der Waals surface area contributed by atoms with E-state index in [-0.39, 0.29) is 4.71 Å². The zero-order valence-corrected chi connectivity index (χ0v) is 13.7. The molecule has 0 aliphatic carbocycles. The lowest BCUT2D eigenvalue weighted by atomic mass is 9.87. The highest BCUT2D eigenvalue weighted by molar-refractivity contribution is 8.02. The van der Waals surface area contributed by atoms with Crippen LogP contribution in [0.25, 0.3) is 0 Å². The van der Waals surface area contributed by atoms with Gasteiger partial charge in [-0.05, 0) is 11.8 Å². The van der Waals surface area contributed by atoms with E-state index in [0.717, 1.165) is 39.3 Å². The fraction of sp³-hybridized carbons (Fsp3) is 0.867. The predicted octanol–water partition coefficient (Wildman–Crippen LogP) is 3.05. The van der Waals surface area contributed by atoms with E-state index < -0.39 is 0 Å².